The smallest absolute Gasteiger partial charge is 0.227 e. The molecule has 0 unspecified atom stereocenters. The predicted octanol–water partition coefficient (Wildman–Crippen LogP) is 3.86. The second-order valence-corrected chi connectivity index (χ2v) is 6.63. The van der Waals surface area contributed by atoms with Crippen molar-refractivity contribution in [3.63, 3.8) is 0 Å². The topological polar surface area (TPSA) is 51.0 Å². The number of rotatable bonds is 3. The Hall–Kier alpha value is -2.69. The summed E-state index contributed by atoms with van der Waals surface area (Å²) in [6, 6.07) is 8.23. The van der Waals surface area contributed by atoms with Gasteiger partial charge in [0.15, 0.2) is 0 Å². The largest absolute Gasteiger partial charge is 0.312 e. The zero-order chi connectivity index (χ0) is 17.6. The molecule has 25 heavy (non-hydrogen) atoms. The third-order valence-corrected chi connectivity index (χ3v) is 5.06. The summed E-state index contributed by atoms with van der Waals surface area (Å²) in [5.41, 5.74) is 6.25. The van der Waals surface area contributed by atoms with Crippen molar-refractivity contribution < 1.29 is 4.79 Å². The molecule has 5 heteroatoms. The van der Waals surface area contributed by atoms with E-state index in [0.29, 0.717) is 6.42 Å². The number of aryl methyl sites for hydroxylation is 2. The van der Waals surface area contributed by atoms with E-state index in [2.05, 4.69) is 38.0 Å². The molecule has 3 aromatic rings. The summed E-state index contributed by atoms with van der Waals surface area (Å²) in [5, 5.41) is 5.53. The van der Waals surface area contributed by atoms with Gasteiger partial charge in [-0.1, -0.05) is 0 Å². The Morgan fingerprint density at radius 2 is 2.04 bits per heavy atom. The Kier molecular flexibility index (Phi) is 3.79. The number of anilines is 1. The maximum Gasteiger partial charge on any atom is 0.227 e. The number of pyridine rings is 1. The van der Waals surface area contributed by atoms with E-state index >= 15 is 0 Å². The summed E-state index contributed by atoms with van der Waals surface area (Å²) in [4.78, 5) is 18.7. The van der Waals surface area contributed by atoms with Crippen LogP contribution in [0.15, 0.2) is 30.5 Å². The lowest BCUT2D eigenvalue weighted by atomic mass is 10.0. The number of aromatic nitrogens is 3. The van der Waals surface area contributed by atoms with E-state index in [9.17, 15) is 4.79 Å². The SMILES string of the molecule is CCn1ncc(-c2cc(C)c3cc(N4CCCC4=O)ccc3n2)c1C. The van der Waals surface area contributed by atoms with Crippen molar-refractivity contribution in [2.75, 3.05) is 11.4 Å². The average molecular weight is 334 g/mol. The van der Waals surface area contributed by atoms with Crippen molar-refractivity contribution in [1.29, 1.82) is 0 Å². The number of amides is 1. The van der Waals surface area contributed by atoms with Crippen molar-refractivity contribution >= 4 is 22.5 Å². The fourth-order valence-electron chi connectivity index (χ4n) is 3.63. The predicted molar refractivity (Wildman–Crippen MR) is 99.7 cm³/mol. The van der Waals surface area contributed by atoms with Gasteiger partial charge in [0.25, 0.3) is 0 Å². The van der Waals surface area contributed by atoms with E-state index in [1.54, 1.807) is 0 Å². The average Bonchev–Trinajstić information content (AvgIpc) is 3.20. The van der Waals surface area contributed by atoms with E-state index in [4.69, 9.17) is 4.98 Å². The maximum absolute atomic E-state index is 12.0. The fraction of sp³-hybridized carbons (Fsp3) is 0.350. The molecule has 1 fully saturated rings. The molecule has 0 spiro atoms. The lowest BCUT2D eigenvalue weighted by molar-refractivity contribution is -0.117. The molecule has 1 aromatic carbocycles. The molecular formula is C20H22N4O. The van der Waals surface area contributed by atoms with Gasteiger partial charge in [-0.25, -0.2) is 4.98 Å². The van der Waals surface area contributed by atoms with E-state index in [-0.39, 0.29) is 5.91 Å². The standard InChI is InChI=1S/C20H22N4O/c1-4-24-14(3)17(12-21-24)19-10-13(2)16-11-15(7-8-18(16)22-19)23-9-5-6-20(23)25/h7-8,10-12H,4-6,9H2,1-3H3. The molecule has 1 amide bonds. The van der Waals surface area contributed by atoms with Crippen LogP contribution >= 0.6 is 0 Å². The number of fused-ring (bicyclic) bond motifs is 1. The van der Waals surface area contributed by atoms with E-state index in [1.807, 2.05) is 27.9 Å². The van der Waals surface area contributed by atoms with Crippen LogP contribution in [0, 0.1) is 13.8 Å². The zero-order valence-corrected chi connectivity index (χ0v) is 14.9. The van der Waals surface area contributed by atoms with Crippen molar-refractivity contribution in [3.8, 4) is 11.3 Å². The van der Waals surface area contributed by atoms with Gasteiger partial charge in [0, 0.05) is 41.8 Å². The minimum absolute atomic E-state index is 0.212. The molecule has 0 radical (unpaired) electrons. The molecule has 0 saturated carbocycles. The first kappa shape index (κ1) is 15.8. The first-order chi connectivity index (χ1) is 12.1. The van der Waals surface area contributed by atoms with Crippen molar-refractivity contribution in [2.45, 2.75) is 40.2 Å². The van der Waals surface area contributed by atoms with Gasteiger partial charge < -0.3 is 4.90 Å². The van der Waals surface area contributed by atoms with Gasteiger partial charge in [-0.15, -0.1) is 0 Å². The lowest BCUT2D eigenvalue weighted by Gasteiger charge is -2.17. The van der Waals surface area contributed by atoms with Crippen molar-refractivity contribution in [3.05, 3.63) is 41.7 Å². The highest BCUT2D eigenvalue weighted by Gasteiger charge is 2.22. The number of hydrogen-bond donors (Lipinski definition) is 0. The Morgan fingerprint density at radius 3 is 2.72 bits per heavy atom. The van der Waals surface area contributed by atoms with Gasteiger partial charge in [0.1, 0.15) is 0 Å². The number of nitrogens with zero attached hydrogens (tertiary/aromatic N) is 4. The molecule has 128 valence electrons. The molecule has 1 aliphatic heterocycles. The van der Waals surface area contributed by atoms with Crippen LogP contribution in [0.2, 0.25) is 0 Å². The number of carbonyl (C=O) groups is 1. The van der Waals surface area contributed by atoms with Crippen LogP contribution < -0.4 is 4.90 Å². The first-order valence-corrected chi connectivity index (χ1v) is 8.83. The van der Waals surface area contributed by atoms with Gasteiger partial charge in [-0.3, -0.25) is 9.48 Å². The first-order valence-electron chi connectivity index (χ1n) is 8.83. The summed E-state index contributed by atoms with van der Waals surface area (Å²) in [5.74, 6) is 0.212. The summed E-state index contributed by atoms with van der Waals surface area (Å²) in [7, 11) is 0. The van der Waals surface area contributed by atoms with Crippen LogP contribution in [-0.4, -0.2) is 27.2 Å². The summed E-state index contributed by atoms with van der Waals surface area (Å²) in [6.07, 6.45) is 3.48. The molecule has 0 N–H and O–H groups in total. The highest BCUT2D eigenvalue weighted by molar-refractivity contribution is 5.98. The lowest BCUT2D eigenvalue weighted by Crippen LogP contribution is -2.23. The van der Waals surface area contributed by atoms with Gasteiger partial charge in [0.2, 0.25) is 5.91 Å². The Balaban J connectivity index is 1.80. The third kappa shape index (κ3) is 2.60. The fourth-order valence-corrected chi connectivity index (χ4v) is 3.63. The highest BCUT2D eigenvalue weighted by Crippen LogP contribution is 2.30. The van der Waals surface area contributed by atoms with Crippen LogP contribution in [0.5, 0.6) is 0 Å². The zero-order valence-electron chi connectivity index (χ0n) is 14.9. The quantitative estimate of drug-likeness (QED) is 0.731. The molecule has 5 nitrogen and oxygen atoms in total. The second-order valence-electron chi connectivity index (χ2n) is 6.63. The second kappa shape index (κ2) is 5.99. The molecule has 0 atom stereocenters. The van der Waals surface area contributed by atoms with Crippen LogP contribution in [0.1, 0.15) is 31.0 Å². The monoisotopic (exact) mass is 334 g/mol. The Morgan fingerprint density at radius 1 is 1.20 bits per heavy atom. The van der Waals surface area contributed by atoms with Crippen molar-refractivity contribution in [1.82, 2.24) is 14.8 Å². The molecule has 0 aliphatic carbocycles. The molecule has 1 aliphatic rings. The maximum atomic E-state index is 12.0. The highest BCUT2D eigenvalue weighted by atomic mass is 16.2. The normalized spacial score (nSPS) is 14.7. The summed E-state index contributed by atoms with van der Waals surface area (Å²) in [6.45, 7) is 7.93. The van der Waals surface area contributed by atoms with E-state index in [1.165, 1.54) is 0 Å². The number of benzene rings is 1. The Bertz CT molecular complexity index is 973. The number of hydrogen-bond acceptors (Lipinski definition) is 3. The van der Waals surface area contributed by atoms with Crippen molar-refractivity contribution in [2.24, 2.45) is 0 Å². The molecule has 1 saturated heterocycles. The number of carbonyl (C=O) groups excluding carboxylic acids is 1. The van der Waals surface area contributed by atoms with Crippen LogP contribution in [0.4, 0.5) is 5.69 Å². The molecule has 4 rings (SSSR count). The molecule has 0 bridgehead atoms. The van der Waals surface area contributed by atoms with Crippen LogP contribution in [0.3, 0.4) is 0 Å². The van der Waals surface area contributed by atoms with Crippen LogP contribution in [-0.2, 0) is 11.3 Å². The van der Waals surface area contributed by atoms with Gasteiger partial charge in [-0.05, 0) is 57.0 Å². The Labute approximate surface area is 147 Å². The third-order valence-electron chi connectivity index (χ3n) is 5.06. The van der Waals surface area contributed by atoms with Crippen LogP contribution in [0.25, 0.3) is 22.2 Å². The van der Waals surface area contributed by atoms with Gasteiger partial charge >= 0.3 is 0 Å². The van der Waals surface area contributed by atoms with Gasteiger partial charge in [-0.2, -0.15) is 5.10 Å². The van der Waals surface area contributed by atoms with Gasteiger partial charge in [0.05, 0.1) is 17.4 Å². The van der Waals surface area contributed by atoms with E-state index in [0.717, 1.165) is 58.6 Å². The molecule has 3 heterocycles. The summed E-state index contributed by atoms with van der Waals surface area (Å²) >= 11 is 0. The molecular weight excluding hydrogens is 312 g/mol. The minimum Gasteiger partial charge on any atom is -0.312 e. The summed E-state index contributed by atoms with van der Waals surface area (Å²) < 4.78 is 1.98. The van der Waals surface area contributed by atoms with E-state index < -0.39 is 0 Å². The minimum atomic E-state index is 0.212. The molecule has 2 aromatic heterocycles.